The lowest BCUT2D eigenvalue weighted by molar-refractivity contribution is -0.162. The van der Waals surface area contributed by atoms with Crippen molar-refractivity contribution >= 4 is 17.9 Å². The molecule has 0 rings (SSSR count). The molecule has 0 aromatic rings. The summed E-state index contributed by atoms with van der Waals surface area (Å²) in [6.07, 6.45) is 0.177. The number of carbonyl (C=O) groups is 3. The third kappa shape index (κ3) is 6.91. The Labute approximate surface area is 92.7 Å². The summed E-state index contributed by atoms with van der Waals surface area (Å²) in [5.74, 6) is -2.85. The lowest BCUT2D eigenvalue weighted by atomic mass is 10.2. The second-order valence-corrected chi connectivity index (χ2v) is 3.22. The van der Waals surface area contributed by atoms with Gasteiger partial charge in [0.25, 0.3) is 0 Å². The van der Waals surface area contributed by atoms with E-state index in [2.05, 4.69) is 4.74 Å². The van der Waals surface area contributed by atoms with Crippen LogP contribution in [0.2, 0.25) is 0 Å². The highest BCUT2D eigenvalue weighted by molar-refractivity contribution is 5.89. The number of hydrogen-bond donors (Lipinski definition) is 3. The van der Waals surface area contributed by atoms with Gasteiger partial charge in [-0.1, -0.05) is 0 Å². The van der Waals surface area contributed by atoms with Crippen LogP contribution in [0.4, 0.5) is 0 Å². The van der Waals surface area contributed by atoms with Crippen molar-refractivity contribution in [2.24, 2.45) is 11.5 Å². The number of aliphatic carboxylic acids is 1. The number of nitrogens with two attached hydrogens (primary N) is 2. The molecular weight excluding hydrogens is 216 g/mol. The van der Waals surface area contributed by atoms with Gasteiger partial charge in [0.1, 0.15) is 6.04 Å². The minimum Gasteiger partial charge on any atom is -0.481 e. The average molecular weight is 232 g/mol. The maximum atomic E-state index is 11.1. The Hall–Kier alpha value is -1.47. The predicted octanol–water partition coefficient (Wildman–Crippen LogP) is -1.01. The Balaban J connectivity index is 3.85. The molecule has 0 amide bonds. The van der Waals surface area contributed by atoms with Crippen molar-refractivity contribution in [3.8, 4) is 0 Å². The summed E-state index contributed by atoms with van der Waals surface area (Å²) in [6, 6.07) is -0.891. The molecule has 0 unspecified atom stereocenters. The standard InChI is InChI=1S/C9H16N2O5/c10-5-1-2-6(11)9(15)16-8(14)4-3-7(12)13/h6H,1-5,10-11H2,(H,12,13)/t6-/m0/s1. The molecule has 0 saturated heterocycles. The van der Waals surface area contributed by atoms with Crippen molar-refractivity contribution in [1.29, 1.82) is 0 Å². The highest BCUT2D eigenvalue weighted by atomic mass is 16.6. The van der Waals surface area contributed by atoms with Gasteiger partial charge in [0.05, 0.1) is 12.8 Å². The average Bonchev–Trinajstić information content (AvgIpc) is 2.22. The Morgan fingerprint density at radius 1 is 1.25 bits per heavy atom. The van der Waals surface area contributed by atoms with Crippen LogP contribution in [-0.2, 0) is 19.1 Å². The number of carbonyl (C=O) groups excluding carboxylic acids is 2. The number of rotatable bonds is 7. The van der Waals surface area contributed by atoms with E-state index in [1.807, 2.05) is 0 Å². The maximum absolute atomic E-state index is 11.1. The molecule has 0 aromatic heterocycles. The molecule has 0 radical (unpaired) electrons. The third-order valence-corrected chi connectivity index (χ3v) is 1.78. The van der Waals surface area contributed by atoms with E-state index in [0.717, 1.165) is 0 Å². The Kier molecular flexibility index (Phi) is 7.06. The molecule has 16 heavy (non-hydrogen) atoms. The number of hydrogen-bond acceptors (Lipinski definition) is 6. The zero-order valence-electron chi connectivity index (χ0n) is 8.85. The van der Waals surface area contributed by atoms with Crippen molar-refractivity contribution < 1.29 is 24.2 Å². The summed E-state index contributed by atoms with van der Waals surface area (Å²) < 4.78 is 4.35. The SMILES string of the molecule is NCCC[C@H](N)C(=O)OC(=O)CCC(=O)O. The zero-order chi connectivity index (χ0) is 12.6. The van der Waals surface area contributed by atoms with Crippen LogP contribution in [0.1, 0.15) is 25.7 Å². The summed E-state index contributed by atoms with van der Waals surface area (Å²) in [4.78, 5) is 32.2. The molecule has 92 valence electrons. The fourth-order valence-electron chi connectivity index (χ4n) is 0.904. The number of ether oxygens (including phenoxy) is 1. The van der Waals surface area contributed by atoms with Crippen molar-refractivity contribution in [3.63, 3.8) is 0 Å². The van der Waals surface area contributed by atoms with Crippen molar-refractivity contribution in [2.75, 3.05) is 6.54 Å². The van der Waals surface area contributed by atoms with E-state index in [1.54, 1.807) is 0 Å². The molecule has 0 aliphatic rings. The minimum atomic E-state index is -1.13. The van der Waals surface area contributed by atoms with Gasteiger partial charge in [-0.05, 0) is 19.4 Å². The van der Waals surface area contributed by atoms with E-state index in [-0.39, 0.29) is 12.8 Å². The fourth-order valence-corrected chi connectivity index (χ4v) is 0.904. The zero-order valence-corrected chi connectivity index (χ0v) is 8.85. The largest absolute Gasteiger partial charge is 0.481 e. The van der Waals surface area contributed by atoms with Crippen molar-refractivity contribution in [1.82, 2.24) is 0 Å². The second-order valence-electron chi connectivity index (χ2n) is 3.22. The first-order chi connectivity index (χ1) is 7.47. The molecule has 0 heterocycles. The van der Waals surface area contributed by atoms with Crippen LogP contribution in [-0.4, -0.2) is 35.6 Å². The topological polar surface area (TPSA) is 133 Å². The van der Waals surface area contributed by atoms with E-state index in [9.17, 15) is 14.4 Å². The second kappa shape index (κ2) is 7.77. The van der Waals surface area contributed by atoms with Crippen LogP contribution in [0, 0.1) is 0 Å². The molecular formula is C9H16N2O5. The first kappa shape index (κ1) is 14.5. The summed E-state index contributed by atoms with van der Waals surface area (Å²) in [6.45, 7) is 0.397. The van der Waals surface area contributed by atoms with Crippen molar-refractivity contribution in [2.45, 2.75) is 31.7 Å². The van der Waals surface area contributed by atoms with Crippen LogP contribution in [0.5, 0.6) is 0 Å². The smallest absolute Gasteiger partial charge is 0.330 e. The summed E-state index contributed by atoms with van der Waals surface area (Å²) in [5.41, 5.74) is 10.6. The normalized spacial score (nSPS) is 11.9. The van der Waals surface area contributed by atoms with Gasteiger partial charge < -0.3 is 21.3 Å². The Bertz CT molecular complexity index is 267. The highest BCUT2D eigenvalue weighted by Gasteiger charge is 2.18. The molecule has 7 heteroatoms. The van der Waals surface area contributed by atoms with Gasteiger partial charge in [0, 0.05) is 0 Å². The predicted molar refractivity (Wildman–Crippen MR) is 54.2 cm³/mol. The maximum Gasteiger partial charge on any atom is 0.330 e. The van der Waals surface area contributed by atoms with Crippen LogP contribution < -0.4 is 11.5 Å². The van der Waals surface area contributed by atoms with Gasteiger partial charge >= 0.3 is 17.9 Å². The van der Waals surface area contributed by atoms with E-state index < -0.39 is 23.9 Å². The first-order valence-electron chi connectivity index (χ1n) is 4.89. The number of carboxylic acids is 1. The molecule has 0 fully saturated rings. The highest BCUT2D eigenvalue weighted by Crippen LogP contribution is 1.99. The molecule has 7 nitrogen and oxygen atoms in total. The fraction of sp³-hybridized carbons (Fsp3) is 0.667. The first-order valence-corrected chi connectivity index (χ1v) is 4.89. The van der Waals surface area contributed by atoms with Gasteiger partial charge in [0.2, 0.25) is 0 Å². The van der Waals surface area contributed by atoms with Crippen molar-refractivity contribution in [3.05, 3.63) is 0 Å². The molecule has 0 aliphatic heterocycles. The van der Waals surface area contributed by atoms with Gasteiger partial charge in [0.15, 0.2) is 0 Å². The molecule has 0 spiro atoms. The number of carboxylic acid groups (broad SMARTS) is 1. The van der Waals surface area contributed by atoms with Gasteiger partial charge in [-0.25, -0.2) is 4.79 Å². The van der Waals surface area contributed by atoms with Gasteiger partial charge in [-0.3, -0.25) is 9.59 Å². The van der Waals surface area contributed by atoms with E-state index in [4.69, 9.17) is 16.6 Å². The van der Waals surface area contributed by atoms with E-state index in [1.165, 1.54) is 0 Å². The van der Waals surface area contributed by atoms with Crippen LogP contribution in [0.25, 0.3) is 0 Å². The van der Waals surface area contributed by atoms with Crippen LogP contribution in [0.15, 0.2) is 0 Å². The lowest BCUT2D eigenvalue weighted by Gasteiger charge is -2.08. The van der Waals surface area contributed by atoms with E-state index in [0.29, 0.717) is 19.4 Å². The quantitative estimate of drug-likeness (QED) is 0.378. The molecule has 0 aliphatic carbocycles. The third-order valence-electron chi connectivity index (χ3n) is 1.78. The monoisotopic (exact) mass is 232 g/mol. The summed E-state index contributed by atoms with van der Waals surface area (Å²) >= 11 is 0. The molecule has 0 saturated carbocycles. The van der Waals surface area contributed by atoms with Gasteiger partial charge in [-0.2, -0.15) is 0 Å². The number of esters is 2. The Morgan fingerprint density at radius 2 is 1.88 bits per heavy atom. The molecule has 1 atom stereocenters. The summed E-state index contributed by atoms with van der Waals surface area (Å²) in [7, 11) is 0. The molecule has 0 aromatic carbocycles. The van der Waals surface area contributed by atoms with Gasteiger partial charge in [-0.15, -0.1) is 0 Å². The minimum absolute atomic E-state index is 0.335. The lowest BCUT2D eigenvalue weighted by Crippen LogP contribution is -2.34. The molecule has 5 N–H and O–H groups in total. The summed E-state index contributed by atoms with van der Waals surface area (Å²) in [5, 5.41) is 8.29. The Morgan fingerprint density at radius 3 is 2.38 bits per heavy atom. The van der Waals surface area contributed by atoms with Crippen LogP contribution >= 0.6 is 0 Å². The van der Waals surface area contributed by atoms with E-state index >= 15 is 0 Å². The molecule has 0 bridgehead atoms. The van der Waals surface area contributed by atoms with Crippen LogP contribution in [0.3, 0.4) is 0 Å².